The number of hydrogen-bond donors (Lipinski definition) is 1. The lowest BCUT2D eigenvalue weighted by molar-refractivity contribution is 0.213. The molecule has 1 aromatic carbocycles. The first-order chi connectivity index (χ1) is 12.9. The second-order valence-electron chi connectivity index (χ2n) is 6.69. The second-order valence-corrected chi connectivity index (χ2v) is 7.61. The maximum atomic E-state index is 14.8. The standard InChI is InChI=1S/C20H17BrFN5/c1-2-27-6-5-13-15(9-27)18(14-7-12(21)3-4-17(14)22)20(10-24,11-25)16(8-23)19(13)26/h3-5,7,15,18H,2,6,9,26H2,1H3/t15-,18+/m1/s1. The molecule has 0 amide bonds. The maximum Gasteiger partial charge on any atom is 0.187 e. The molecule has 2 N–H and O–H groups in total. The van der Waals surface area contributed by atoms with Gasteiger partial charge in [-0.1, -0.05) is 28.9 Å². The van der Waals surface area contributed by atoms with E-state index in [-0.39, 0.29) is 22.8 Å². The van der Waals surface area contributed by atoms with E-state index in [0.717, 1.165) is 12.1 Å². The molecule has 0 fully saturated rings. The molecule has 0 saturated heterocycles. The molecule has 27 heavy (non-hydrogen) atoms. The molecule has 2 atom stereocenters. The third kappa shape index (κ3) is 2.82. The number of fused-ring (bicyclic) bond motifs is 1. The predicted molar refractivity (Wildman–Crippen MR) is 101 cm³/mol. The second kappa shape index (κ2) is 7.16. The molecule has 0 radical (unpaired) electrons. The monoisotopic (exact) mass is 425 g/mol. The SMILES string of the molecule is CCN1CC=C2C(N)=C(C#N)C(C#N)(C#N)[C@@H](c3cc(Br)ccc3F)[C@@H]2C1. The average Bonchev–Trinajstić information content (AvgIpc) is 2.69. The summed E-state index contributed by atoms with van der Waals surface area (Å²) in [4.78, 5) is 2.14. The minimum atomic E-state index is -1.85. The minimum absolute atomic E-state index is 0.0932. The number of benzene rings is 1. The van der Waals surface area contributed by atoms with Crippen LogP contribution in [0.4, 0.5) is 4.39 Å². The third-order valence-electron chi connectivity index (χ3n) is 5.47. The van der Waals surface area contributed by atoms with Crippen molar-refractivity contribution in [2.75, 3.05) is 19.6 Å². The van der Waals surface area contributed by atoms with E-state index in [4.69, 9.17) is 5.73 Å². The highest BCUT2D eigenvalue weighted by Crippen LogP contribution is 2.55. The summed E-state index contributed by atoms with van der Waals surface area (Å²) >= 11 is 3.34. The summed E-state index contributed by atoms with van der Waals surface area (Å²) in [5, 5.41) is 29.7. The zero-order chi connectivity index (χ0) is 19.8. The van der Waals surface area contributed by atoms with Gasteiger partial charge in [0.15, 0.2) is 5.41 Å². The van der Waals surface area contributed by atoms with Gasteiger partial charge in [-0.3, -0.25) is 4.90 Å². The number of rotatable bonds is 2. The predicted octanol–water partition coefficient (Wildman–Crippen LogP) is 3.33. The zero-order valence-electron chi connectivity index (χ0n) is 14.7. The number of nitrogens with zero attached hydrogens (tertiary/aromatic N) is 4. The molecule has 5 nitrogen and oxygen atoms in total. The van der Waals surface area contributed by atoms with Gasteiger partial charge in [0, 0.05) is 29.4 Å². The van der Waals surface area contributed by atoms with Crippen molar-refractivity contribution >= 4 is 15.9 Å². The molecule has 1 heterocycles. The van der Waals surface area contributed by atoms with Gasteiger partial charge >= 0.3 is 0 Å². The normalized spacial score (nSPS) is 24.2. The van der Waals surface area contributed by atoms with E-state index in [2.05, 4.69) is 20.8 Å². The quantitative estimate of drug-likeness (QED) is 0.782. The van der Waals surface area contributed by atoms with Crippen LogP contribution >= 0.6 is 15.9 Å². The van der Waals surface area contributed by atoms with Gasteiger partial charge in [0.25, 0.3) is 0 Å². The number of hydrogen-bond acceptors (Lipinski definition) is 5. The summed E-state index contributed by atoms with van der Waals surface area (Å²) in [5.41, 5.74) is 5.43. The third-order valence-corrected chi connectivity index (χ3v) is 5.97. The molecule has 136 valence electrons. The first kappa shape index (κ1) is 19.1. The van der Waals surface area contributed by atoms with E-state index in [1.165, 1.54) is 6.07 Å². The summed E-state index contributed by atoms with van der Waals surface area (Å²) in [7, 11) is 0. The first-order valence-corrected chi connectivity index (χ1v) is 9.33. The lowest BCUT2D eigenvalue weighted by atomic mass is 9.57. The fourth-order valence-corrected chi connectivity index (χ4v) is 4.50. The van der Waals surface area contributed by atoms with Crippen molar-refractivity contribution in [2.24, 2.45) is 17.1 Å². The lowest BCUT2D eigenvalue weighted by Crippen LogP contribution is -2.47. The van der Waals surface area contributed by atoms with Crippen molar-refractivity contribution in [3.8, 4) is 18.2 Å². The summed E-state index contributed by atoms with van der Waals surface area (Å²) < 4.78 is 15.5. The van der Waals surface area contributed by atoms with Gasteiger partial charge in [-0.2, -0.15) is 15.8 Å². The summed E-state index contributed by atoms with van der Waals surface area (Å²) in [5.74, 6) is -1.71. The summed E-state index contributed by atoms with van der Waals surface area (Å²) in [6.07, 6.45) is 1.92. The molecule has 7 heteroatoms. The molecule has 3 rings (SSSR count). The molecule has 0 bridgehead atoms. The van der Waals surface area contributed by atoms with E-state index in [9.17, 15) is 20.2 Å². The highest BCUT2D eigenvalue weighted by atomic mass is 79.9. The van der Waals surface area contributed by atoms with Gasteiger partial charge < -0.3 is 5.73 Å². The van der Waals surface area contributed by atoms with E-state index >= 15 is 0 Å². The van der Waals surface area contributed by atoms with Gasteiger partial charge in [0.05, 0.1) is 29.5 Å². The van der Waals surface area contributed by atoms with Crippen molar-refractivity contribution in [1.29, 1.82) is 15.8 Å². The smallest absolute Gasteiger partial charge is 0.187 e. The van der Waals surface area contributed by atoms with Crippen LogP contribution in [0.5, 0.6) is 0 Å². The fourth-order valence-electron chi connectivity index (χ4n) is 4.12. The molecule has 1 aliphatic heterocycles. The minimum Gasteiger partial charge on any atom is -0.398 e. The Morgan fingerprint density at radius 2 is 2.04 bits per heavy atom. The Morgan fingerprint density at radius 3 is 2.63 bits per heavy atom. The number of nitriles is 3. The summed E-state index contributed by atoms with van der Waals surface area (Å²) in [6, 6.07) is 10.4. The Morgan fingerprint density at radius 1 is 1.33 bits per heavy atom. The molecule has 0 saturated carbocycles. The Kier molecular flexibility index (Phi) is 5.07. The fraction of sp³-hybridized carbons (Fsp3) is 0.350. The summed E-state index contributed by atoms with van der Waals surface area (Å²) in [6.45, 7) is 3.97. The van der Waals surface area contributed by atoms with Crippen LogP contribution in [0.25, 0.3) is 0 Å². The first-order valence-electron chi connectivity index (χ1n) is 8.54. The molecule has 1 aliphatic carbocycles. The Labute approximate surface area is 165 Å². The lowest BCUT2D eigenvalue weighted by Gasteiger charge is -2.45. The highest BCUT2D eigenvalue weighted by molar-refractivity contribution is 9.10. The van der Waals surface area contributed by atoms with Crippen LogP contribution in [0.3, 0.4) is 0 Å². The Balaban J connectivity index is 2.37. The van der Waals surface area contributed by atoms with Crippen molar-refractivity contribution in [1.82, 2.24) is 4.90 Å². The average molecular weight is 426 g/mol. The van der Waals surface area contributed by atoms with Gasteiger partial charge in [-0.15, -0.1) is 0 Å². The molecule has 0 aromatic heterocycles. The van der Waals surface area contributed by atoms with E-state index in [1.54, 1.807) is 12.1 Å². The van der Waals surface area contributed by atoms with Gasteiger partial charge in [-0.05, 0) is 35.9 Å². The van der Waals surface area contributed by atoms with Crippen molar-refractivity contribution < 1.29 is 4.39 Å². The zero-order valence-corrected chi connectivity index (χ0v) is 16.3. The van der Waals surface area contributed by atoms with Crippen molar-refractivity contribution in [3.63, 3.8) is 0 Å². The molecular formula is C20H17BrFN5. The van der Waals surface area contributed by atoms with Crippen LogP contribution in [-0.4, -0.2) is 24.5 Å². The van der Waals surface area contributed by atoms with Crippen LogP contribution in [0, 0.1) is 51.1 Å². The number of halogens is 2. The van der Waals surface area contributed by atoms with E-state index in [1.807, 2.05) is 31.2 Å². The molecule has 0 spiro atoms. The van der Waals surface area contributed by atoms with Crippen LogP contribution in [0.1, 0.15) is 18.4 Å². The topological polar surface area (TPSA) is 101 Å². The highest BCUT2D eigenvalue weighted by Gasteiger charge is 2.55. The Bertz CT molecular complexity index is 962. The largest absolute Gasteiger partial charge is 0.398 e. The number of nitrogens with two attached hydrogens (primary N) is 1. The molecular weight excluding hydrogens is 409 g/mol. The van der Waals surface area contributed by atoms with Gasteiger partial charge in [-0.25, -0.2) is 4.39 Å². The van der Waals surface area contributed by atoms with E-state index < -0.39 is 17.2 Å². The van der Waals surface area contributed by atoms with Gasteiger partial charge in [0.1, 0.15) is 5.82 Å². The molecule has 0 unspecified atom stereocenters. The van der Waals surface area contributed by atoms with E-state index in [0.29, 0.717) is 17.6 Å². The molecule has 1 aromatic rings. The van der Waals surface area contributed by atoms with Crippen LogP contribution in [0.15, 0.2) is 45.6 Å². The van der Waals surface area contributed by atoms with Crippen LogP contribution in [-0.2, 0) is 0 Å². The maximum absolute atomic E-state index is 14.8. The number of allylic oxidation sites excluding steroid dienone is 2. The van der Waals surface area contributed by atoms with Crippen LogP contribution < -0.4 is 5.73 Å². The van der Waals surface area contributed by atoms with Gasteiger partial charge in [0.2, 0.25) is 0 Å². The number of likely N-dealkylation sites (N-methyl/N-ethyl adjacent to an activating group) is 1. The molecule has 2 aliphatic rings. The Hall–Kier alpha value is -2.66. The van der Waals surface area contributed by atoms with Crippen molar-refractivity contribution in [2.45, 2.75) is 12.8 Å². The van der Waals surface area contributed by atoms with Crippen molar-refractivity contribution in [3.05, 3.63) is 57.0 Å². The van der Waals surface area contributed by atoms with Crippen LogP contribution in [0.2, 0.25) is 0 Å².